The molecule has 0 saturated carbocycles. The maximum absolute atomic E-state index is 13.4. The molecular formula is C25H22Cl2N6O5S. The van der Waals surface area contributed by atoms with Gasteiger partial charge in [0.2, 0.25) is 0 Å². The highest BCUT2D eigenvalue weighted by molar-refractivity contribution is 7.92. The SMILES string of the molecule is O=C(O)CN(c1ccc2c(ccn2-c2cnc(C(=O)N3CCNCC3)cn2)c1)S(=O)(=O)c1cc(Cl)cc(Cl)c1. The fourth-order valence-electron chi connectivity index (χ4n) is 4.31. The third-order valence-corrected chi connectivity index (χ3v) is 8.36. The molecule has 39 heavy (non-hydrogen) atoms. The van der Waals surface area contributed by atoms with Crippen LogP contribution in [0.1, 0.15) is 10.5 Å². The predicted molar refractivity (Wildman–Crippen MR) is 146 cm³/mol. The van der Waals surface area contributed by atoms with Crippen molar-refractivity contribution in [3.8, 4) is 5.82 Å². The molecule has 1 saturated heterocycles. The second-order valence-corrected chi connectivity index (χ2v) is 11.5. The number of piperazine rings is 1. The lowest BCUT2D eigenvalue weighted by Gasteiger charge is -2.26. The van der Waals surface area contributed by atoms with Crippen molar-refractivity contribution in [3.63, 3.8) is 0 Å². The van der Waals surface area contributed by atoms with Gasteiger partial charge in [0.15, 0.2) is 5.82 Å². The Morgan fingerprint density at radius 1 is 1.00 bits per heavy atom. The number of rotatable bonds is 7. The molecule has 0 radical (unpaired) electrons. The number of benzene rings is 2. The molecule has 0 unspecified atom stereocenters. The van der Waals surface area contributed by atoms with E-state index in [9.17, 15) is 23.1 Å². The van der Waals surface area contributed by atoms with Crippen LogP contribution in [0.3, 0.4) is 0 Å². The fourth-order valence-corrected chi connectivity index (χ4v) is 6.45. The lowest BCUT2D eigenvalue weighted by Crippen LogP contribution is -2.46. The smallest absolute Gasteiger partial charge is 0.324 e. The van der Waals surface area contributed by atoms with Gasteiger partial charge in [0, 0.05) is 47.8 Å². The molecule has 5 rings (SSSR count). The lowest BCUT2D eigenvalue weighted by atomic mass is 10.2. The number of amides is 1. The molecular weight excluding hydrogens is 567 g/mol. The molecule has 2 N–H and O–H groups in total. The molecule has 1 aliphatic rings. The molecule has 3 heterocycles. The second kappa shape index (κ2) is 10.8. The summed E-state index contributed by atoms with van der Waals surface area (Å²) in [5.74, 6) is -1.06. The fraction of sp³-hybridized carbons (Fsp3) is 0.200. The van der Waals surface area contributed by atoms with E-state index in [1.54, 1.807) is 33.9 Å². The molecule has 2 aromatic carbocycles. The molecule has 4 aromatic rings. The standard InChI is InChI=1S/C25H22Cl2N6O5S/c26-17-10-18(27)12-20(11-17)39(37,38)33(15-24(34)35)19-1-2-22-16(9-19)3-6-32(22)23-14-29-21(13-30-23)25(36)31-7-4-28-5-8-31/h1-3,6,9-14,28H,4-5,7-8,15H2,(H,34,35). The van der Waals surface area contributed by atoms with Crippen molar-refractivity contribution in [3.05, 3.63) is 76.8 Å². The summed E-state index contributed by atoms with van der Waals surface area (Å²) in [6.45, 7) is 1.85. The Balaban J connectivity index is 1.46. The quantitative estimate of drug-likeness (QED) is 0.336. The number of nitrogens with zero attached hydrogens (tertiary/aromatic N) is 5. The zero-order valence-electron chi connectivity index (χ0n) is 20.3. The summed E-state index contributed by atoms with van der Waals surface area (Å²) in [6.07, 6.45) is 4.65. The van der Waals surface area contributed by atoms with E-state index in [1.165, 1.54) is 36.7 Å². The zero-order valence-corrected chi connectivity index (χ0v) is 22.6. The van der Waals surface area contributed by atoms with Gasteiger partial charge in [-0.15, -0.1) is 0 Å². The van der Waals surface area contributed by atoms with E-state index >= 15 is 0 Å². The van der Waals surface area contributed by atoms with Gasteiger partial charge in [-0.05, 0) is 42.5 Å². The number of carboxylic acids is 1. The topological polar surface area (TPSA) is 138 Å². The molecule has 14 heteroatoms. The minimum Gasteiger partial charge on any atom is -0.480 e. The lowest BCUT2D eigenvalue weighted by molar-refractivity contribution is -0.135. The van der Waals surface area contributed by atoms with Gasteiger partial charge in [-0.2, -0.15) is 0 Å². The number of hydrogen-bond acceptors (Lipinski definition) is 7. The number of carboxylic acid groups (broad SMARTS) is 1. The summed E-state index contributed by atoms with van der Waals surface area (Å²) >= 11 is 12.0. The third kappa shape index (κ3) is 5.55. The summed E-state index contributed by atoms with van der Waals surface area (Å²) < 4.78 is 29.4. The highest BCUT2D eigenvalue weighted by Crippen LogP contribution is 2.31. The number of sulfonamides is 1. The number of aromatic nitrogens is 3. The van der Waals surface area contributed by atoms with Gasteiger partial charge in [-0.1, -0.05) is 23.2 Å². The van der Waals surface area contributed by atoms with Crippen molar-refractivity contribution in [2.45, 2.75) is 4.90 Å². The molecule has 1 amide bonds. The van der Waals surface area contributed by atoms with E-state index in [0.29, 0.717) is 29.8 Å². The predicted octanol–water partition coefficient (Wildman–Crippen LogP) is 3.05. The average molecular weight is 589 g/mol. The molecule has 0 spiro atoms. The van der Waals surface area contributed by atoms with E-state index in [4.69, 9.17) is 23.2 Å². The number of nitrogens with one attached hydrogen (secondary N) is 1. The number of anilines is 1. The molecule has 2 aromatic heterocycles. The van der Waals surface area contributed by atoms with Gasteiger partial charge in [-0.3, -0.25) is 18.5 Å². The Bertz CT molecular complexity index is 1650. The van der Waals surface area contributed by atoms with Gasteiger partial charge >= 0.3 is 5.97 Å². The van der Waals surface area contributed by atoms with Gasteiger partial charge in [-0.25, -0.2) is 18.4 Å². The average Bonchev–Trinajstić information content (AvgIpc) is 3.34. The van der Waals surface area contributed by atoms with Gasteiger partial charge in [0.1, 0.15) is 12.2 Å². The number of carbonyl (C=O) groups excluding carboxylic acids is 1. The normalized spacial score (nSPS) is 13.9. The Morgan fingerprint density at radius 2 is 1.72 bits per heavy atom. The van der Waals surface area contributed by atoms with E-state index < -0.39 is 22.5 Å². The van der Waals surface area contributed by atoms with Gasteiger partial charge < -0.3 is 15.3 Å². The van der Waals surface area contributed by atoms with Crippen LogP contribution in [0.5, 0.6) is 0 Å². The summed E-state index contributed by atoms with van der Waals surface area (Å²) in [7, 11) is -4.32. The molecule has 202 valence electrons. The van der Waals surface area contributed by atoms with Crippen LogP contribution in [-0.2, 0) is 14.8 Å². The highest BCUT2D eigenvalue weighted by atomic mass is 35.5. The van der Waals surface area contributed by atoms with E-state index in [2.05, 4.69) is 15.3 Å². The van der Waals surface area contributed by atoms with E-state index in [-0.39, 0.29) is 32.2 Å². The first-order valence-corrected chi connectivity index (χ1v) is 14.0. The summed E-state index contributed by atoms with van der Waals surface area (Å²) in [5, 5.41) is 13.5. The molecule has 0 bridgehead atoms. The Kier molecular flexibility index (Phi) is 7.45. The zero-order chi connectivity index (χ0) is 27.7. The Hall–Kier alpha value is -3.71. The summed E-state index contributed by atoms with van der Waals surface area (Å²) in [6, 6.07) is 10.3. The summed E-state index contributed by atoms with van der Waals surface area (Å²) in [4.78, 5) is 34.5. The number of carbonyl (C=O) groups is 2. The van der Waals surface area contributed by atoms with E-state index in [0.717, 1.165) is 17.4 Å². The van der Waals surface area contributed by atoms with Crippen LogP contribution in [-0.4, -0.2) is 77.6 Å². The Labute approximate surface area is 233 Å². The van der Waals surface area contributed by atoms with Crippen molar-refractivity contribution in [1.82, 2.24) is 24.8 Å². The third-order valence-electron chi connectivity index (χ3n) is 6.17. The number of fused-ring (bicyclic) bond motifs is 1. The number of aliphatic carboxylic acids is 1. The minimum absolute atomic E-state index is 0.102. The van der Waals surface area contributed by atoms with Crippen LogP contribution in [0.15, 0.2) is 66.0 Å². The second-order valence-electron chi connectivity index (χ2n) is 8.74. The van der Waals surface area contributed by atoms with Crippen LogP contribution in [0.4, 0.5) is 5.69 Å². The van der Waals surface area contributed by atoms with Crippen molar-refractivity contribution in [1.29, 1.82) is 0 Å². The van der Waals surface area contributed by atoms with Crippen LogP contribution >= 0.6 is 23.2 Å². The van der Waals surface area contributed by atoms with Crippen LogP contribution in [0, 0.1) is 0 Å². The number of hydrogen-bond donors (Lipinski definition) is 2. The minimum atomic E-state index is -4.32. The van der Waals surface area contributed by atoms with Crippen LogP contribution in [0.2, 0.25) is 10.0 Å². The highest BCUT2D eigenvalue weighted by Gasteiger charge is 2.28. The van der Waals surface area contributed by atoms with Crippen molar-refractivity contribution in [2.75, 3.05) is 37.0 Å². The van der Waals surface area contributed by atoms with Crippen molar-refractivity contribution in [2.24, 2.45) is 0 Å². The molecule has 0 atom stereocenters. The first kappa shape index (κ1) is 26.9. The molecule has 11 nitrogen and oxygen atoms in total. The first-order chi connectivity index (χ1) is 18.6. The van der Waals surface area contributed by atoms with Crippen molar-refractivity contribution < 1.29 is 23.1 Å². The maximum Gasteiger partial charge on any atom is 0.324 e. The first-order valence-electron chi connectivity index (χ1n) is 11.8. The Morgan fingerprint density at radius 3 is 2.36 bits per heavy atom. The largest absolute Gasteiger partial charge is 0.480 e. The van der Waals surface area contributed by atoms with E-state index in [1.807, 2.05) is 0 Å². The van der Waals surface area contributed by atoms with Crippen LogP contribution in [0.25, 0.3) is 16.7 Å². The van der Waals surface area contributed by atoms with Crippen LogP contribution < -0.4 is 9.62 Å². The molecule has 1 aliphatic heterocycles. The molecule has 0 aliphatic carbocycles. The van der Waals surface area contributed by atoms with Crippen molar-refractivity contribution >= 4 is 61.7 Å². The maximum atomic E-state index is 13.4. The monoisotopic (exact) mass is 588 g/mol. The number of halogens is 2. The van der Waals surface area contributed by atoms with Gasteiger partial charge in [0.25, 0.3) is 15.9 Å². The van der Waals surface area contributed by atoms with Gasteiger partial charge in [0.05, 0.1) is 28.5 Å². The molecule has 1 fully saturated rings. The summed E-state index contributed by atoms with van der Waals surface area (Å²) in [5.41, 5.74) is 1.06.